The third-order valence-corrected chi connectivity index (χ3v) is 5.56. The van der Waals surface area contributed by atoms with E-state index < -0.39 is 29.2 Å². The Morgan fingerprint density at radius 1 is 1.03 bits per heavy atom. The third kappa shape index (κ3) is 4.25. The van der Waals surface area contributed by atoms with Gasteiger partial charge in [0.1, 0.15) is 0 Å². The summed E-state index contributed by atoms with van der Waals surface area (Å²) in [6.07, 6.45) is -4.87. The third-order valence-electron chi connectivity index (χ3n) is 4.93. The Morgan fingerprint density at radius 2 is 1.71 bits per heavy atom. The van der Waals surface area contributed by atoms with Gasteiger partial charge < -0.3 is 16.2 Å². The van der Waals surface area contributed by atoms with Crippen LogP contribution in [0.15, 0.2) is 54.6 Å². The van der Waals surface area contributed by atoms with Gasteiger partial charge in [-0.05, 0) is 48.5 Å². The maximum atomic E-state index is 13.7. The number of aromatic nitrogens is 2. The number of carboxylic acid groups (broad SMARTS) is 1. The molecule has 34 heavy (non-hydrogen) atoms. The number of fused-ring (bicyclic) bond motifs is 1. The normalized spacial score (nSPS) is 11.6. The number of rotatable bonds is 5. The van der Waals surface area contributed by atoms with Crippen molar-refractivity contribution in [2.45, 2.75) is 6.18 Å². The second-order valence-electron chi connectivity index (χ2n) is 7.09. The van der Waals surface area contributed by atoms with Crippen LogP contribution in [-0.4, -0.2) is 26.5 Å². The lowest BCUT2D eigenvalue weighted by Crippen LogP contribution is -2.19. The molecule has 0 radical (unpaired) electrons. The molecule has 3 aromatic carbocycles. The van der Waals surface area contributed by atoms with E-state index in [0.29, 0.717) is 0 Å². The van der Waals surface area contributed by atoms with E-state index in [2.05, 4.69) is 10.3 Å². The molecule has 7 nitrogen and oxygen atoms in total. The summed E-state index contributed by atoms with van der Waals surface area (Å²) in [7, 11) is 0. The van der Waals surface area contributed by atoms with E-state index >= 15 is 0 Å². The molecule has 0 bridgehead atoms. The molecule has 1 amide bonds. The summed E-state index contributed by atoms with van der Waals surface area (Å²) in [6.45, 7) is 0. The number of nitrogens with one attached hydrogen (secondary N) is 1. The van der Waals surface area contributed by atoms with Gasteiger partial charge in [-0.2, -0.15) is 13.2 Å². The molecule has 0 unspecified atom stereocenters. The molecule has 4 aromatic rings. The first-order valence-corrected chi connectivity index (χ1v) is 10.2. The predicted octanol–water partition coefficient (Wildman–Crippen LogP) is 5.89. The van der Waals surface area contributed by atoms with Gasteiger partial charge >= 0.3 is 12.1 Å². The fourth-order valence-electron chi connectivity index (χ4n) is 3.41. The summed E-state index contributed by atoms with van der Waals surface area (Å²) in [4.78, 5) is 27.3. The number of nitrogens with zero attached hydrogens (tertiary/aromatic N) is 2. The monoisotopic (exact) mass is 508 g/mol. The van der Waals surface area contributed by atoms with Gasteiger partial charge in [0, 0.05) is 5.69 Å². The number of carboxylic acids is 1. The van der Waals surface area contributed by atoms with E-state index in [9.17, 15) is 27.9 Å². The molecule has 174 valence electrons. The first kappa shape index (κ1) is 23.4. The molecule has 4 N–H and O–H groups in total. The molecule has 1 aromatic heterocycles. The first-order chi connectivity index (χ1) is 16.0. The molecular weight excluding hydrogens is 496 g/mol. The zero-order valence-electron chi connectivity index (χ0n) is 16.8. The zero-order chi connectivity index (χ0) is 24.8. The molecule has 1 heterocycles. The van der Waals surface area contributed by atoms with Crippen LogP contribution in [0, 0.1) is 0 Å². The summed E-state index contributed by atoms with van der Waals surface area (Å²) in [5.41, 5.74) is 3.81. The SMILES string of the molecule is NC(=O)c1ccc(-n2c(Nc3c(Cl)cccc3Cl)nc3cc(C(=O)O)ccc32)cc1C(F)(F)F. The molecule has 12 heteroatoms. The molecule has 0 aliphatic carbocycles. The number of imidazole rings is 1. The number of benzene rings is 3. The van der Waals surface area contributed by atoms with Crippen LogP contribution in [-0.2, 0) is 6.18 Å². The second kappa shape index (κ2) is 8.54. The van der Waals surface area contributed by atoms with E-state index in [1.54, 1.807) is 18.2 Å². The minimum Gasteiger partial charge on any atom is -0.478 e. The molecule has 0 fully saturated rings. The highest BCUT2D eigenvalue weighted by atomic mass is 35.5. The molecule has 0 aliphatic heterocycles. The predicted molar refractivity (Wildman–Crippen MR) is 121 cm³/mol. The number of carbonyl (C=O) groups excluding carboxylic acids is 1. The van der Waals surface area contributed by atoms with E-state index in [4.69, 9.17) is 28.9 Å². The summed E-state index contributed by atoms with van der Waals surface area (Å²) >= 11 is 12.4. The number of para-hydroxylation sites is 1. The summed E-state index contributed by atoms with van der Waals surface area (Å²) in [5.74, 6) is -2.43. The van der Waals surface area contributed by atoms with E-state index in [0.717, 1.165) is 12.1 Å². The molecule has 0 spiro atoms. The standard InChI is InChI=1S/C22H13Cl2F3N4O3/c23-14-2-1-3-15(24)18(14)30-21-29-16-8-10(20(33)34)4-7-17(16)31(21)11-5-6-12(19(28)32)13(9-11)22(25,26)27/h1-9H,(H2,28,32)(H,29,30)(H,33,34). The van der Waals surface area contributed by atoms with Crippen molar-refractivity contribution in [1.82, 2.24) is 9.55 Å². The molecule has 0 saturated carbocycles. The molecule has 4 rings (SSSR count). The number of alkyl halides is 3. The van der Waals surface area contributed by atoms with Gasteiger partial charge in [-0.3, -0.25) is 9.36 Å². The number of halogens is 5. The maximum Gasteiger partial charge on any atom is 0.417 e. The average molecular weight is 509 g/mol. The summed E-state index contributed by atoms with van der Waals surface area (Å²) in [6, 6.07) is 11.7. The highest BCUT2D eigenvalue weighted by molar-refractivity contribution is 6.39. The largest absolute Gasteiger partial charge is 0.478 e. The van der Waals surface area contributed by atoms with Gasteiger partial charge in [-0.1, -0.05) is 29.3 Å². The minimum atomic E-state index is -4.87. The Kier molecular flexibility index (Phi) is 5.88. The number of primary amides is 1. The van der Waals surface area contributed by atoms with E-state index in [1.807, 2.05) is 0 Å². The van der Waals surface area contributed by atoms with Crippen molar-refractivity contribution in [1.29, 1.82) is 0 Å². The quantitative estimate of drug-likeness (QED) is 0.311. The fraction of sp³-hybridized carbons (Fsp3) is 0.0455. The van der Waals surface area contributed by atoms with Crippen molar-refractivity contribution in [3.05, 3.63) is 81.3 Å². The number of anilines is 2. The molecule has 0 aliphatic rings. The van der Waals surface area contributed by atoms with Gasteiger partial charge in [-0.25, -0.2) is 9.78 Å². The Balaban J connectivity index is 2.00. The second-order valence-corrected chi connectivity index (χ2v) is 7.91. The maximum absolute atomic E-state index is 13.7. The van der Waals surface area contributed by atoms with Crippen molar-refractivity contribution in [2.24, 2.45) is 5.73 Å². The number of aromatic carboxylic acids is 1. The van der Waals surface area contributed by atoms with Crippen LogP contribution in [0.2, 0.25) is 10.0 Å². The zero-order valence-corrected chi connectivity index (χ0v) is 18.3. The molecule has 0 saturated heterocycles. The number of hydrogen-bond acceptors (Lipinski definition) is 4. The van der Waals surface area contributed by atoms with Gasteiger partial charge in [0.2, 0.25) is 11.9 Å². The summed E-state index contributed by atoms with van der Waals surface area (Å²) < 4.78 is 42.4. The Hall–Kier alpha value is -3.76. The van der Waals surface area contributed by atoms with Gasteiger partial charge in [0.05, 0.1) is 43.5 Å². The average Bonchev–Trinajstić information content (AvgIpc) is 3.12. The number of hydrogen-bond donors (Lipinski definition) is 3. The highest BCUT2D eigenvalue weighted by Crippen LogP contribution is 2.37. The summed E-state index contributed by atoms with van der Waals surface area (Å²) in [5, 5.41) is 12.6. The van der Waals surface area contributed by atoms with Crippen LogP contribution >= 0.6 is 23.2 Å². The number of amides is 1. The smallest absolute Gasteiger partial charge is 0.417 e. The van der Waals surface area contributed by atoms with Crippen LogP contribution in [0.25, 0.3) is 16.7 Å². The topological polar surface area (TPSA) is 110 Å². The highest BCUT2D eigenvalue weighted by Gasteiger charge is 2.35. The van der Waals surface area contributed by atoms with Gasteiger partial charge in [0.15, 0.2) is 0 Å². The number of carbonyl (C=O) groups is 2. The van der Waals surface area contributed by atoms with Gasteiger partial charge in [-0.15, -0.1) is 0 Å². The van der Waals surface area contributed by atoms with Crippen LogP contribution in [0.5, 0.6) is 0 Å². The van der Waals surface area contributed by atoms with Crippen molar-refractivity contribution in [2.75, 3.05) is 5.32 Å². The van der Waals surface area contributed by atoms with Crippen LogP contribution in [0.4, 0.5) is 24.8 Å². The Labute approximate surface area is 199 Å². The van der Waals surface area contributed by atoms with Crippen molar-refractivity contribution in [3.8, 4) is 5.69 Å². The van der Waals surface area contributed by atoms with Crippen molar-refractivity contribution in [3.63, 3.8) is 0 Å². The lowest BCUT2D eigenvalue weighted by molar-refractivity contribution is -0.137. The van der Waals surface area contributed by atoms with E-state index in [1.165, 1.54) is 28.8 Å². The first-order valence-electron chi connectivity index (χ1n) is 9.45. The molecular formula is C22H13Cl2F3N4O3. The lowest BCUT2D eigenvalue weighted by atomic mass is 10.1. The van der Waals surface area contributed by atoms with Crippen molar-refractivity contribution >= 4 is 57.7 Å². The van der Waals surface area contributed by atoms with Crippen LogP contribution in [0.3, 0.4) is 0 Å². The van der Waals surface area contributed by atoms with Crippen molar-refractivity contribution < 1.29 is 27.9 Å². The van der Waals surface area contributed by atoms with Crippen LogP contribution in [0.1, 0.15) is 26.3 Å². The lowest BCUT2D eigenvalue weighted by Gasteiger charge is -2.16. The minimum absolute atomic E-state index is 0.00693. The van der Waals surface area contributed by atoms with E-state index in [-0.39, 0.29) is 44.0 Å². The Morgan fingerprint density at radius 3 is 2.29 bits per heavy atom. The molecule has 0 atom stereocenters. The Bertz CT molecular complexity index is 1450. The number of nitrogens with two attached hydrogens (primary N) is 1. The fourth-order valence-corrected chi connectivity index (χ4v) is 3.90. The van der Waals surface area contributed by atoms with Gasteiger partial charge in [0.25, 0.3) is 0 Å². The van der Waals surface area contributed by atoms with Crippen LogP contribution < -0.4 is 11.1 Å².